The van der Waals surface area contributed by atoms with Gasteiger partial charge in [0.2, 0.25) is 5.78 Å². The summed E-state index contributed by atoms with van der Waals surface area (Å²) >= 11 is 0. The van der Waals surface area contributed by atoms with E-state index in [4.69, 9.17) is 9.15 Å². The number of aliphatic hydroxyl groups excluding tert-OH is 1. The van der Waals surface area contributed by atoms with Crippen LogP contribution in [0.1, 0.15) is 38.1 Å². The van der Waals surface area contributed by atoms with Crippen LogP contribution in [0.15, 0.2) is 101 Å². The fraction of sp³-hybridized carbons (Fsp3) is 0.138. The van der Waals surface area contributed by atoms with E-state index >= 15 is 0 Å². The minimum absolute atomic E-state index is 0.0339. The summed E-state index contributed by atoms with van der Waals surface area (Å²) in [4.78, 5) is 40.2. The molecular formula is C29H23NO6. The van der Waals surface area contributed by atoms with Crippen molar-refractivity contribution in [3.8, 4) is 0 Å². The summed E-state index contributed by atoms with van der Waals surface area (Å²) in [5, 5.41) is 11.6. The number of ether oxygens (including phenoxy) is 1. The molecule has 7 nitrogen and oxygen atoms in total. The average molecular weight is 482 g/mol. The molecule has 1 aromatic heterocycles. The highest BCUT2D eigenvalue weighted by molar-refractivity contribution is 6.16. The number of ketones is 1. The molecule has 3 aromatic carbocycles. The Hall–Kier alpha value is -4.65. The van der Waals surface area contributed by atoms with Gasteiger partial charge in [-0.1, -0.05) is 60.7 Å². The van der Waals surface area contributed by atoms with E-state index in [2.05, 4.69) is 0 Å². The van der Waals surface area contributed by atoms with E-state index in [0.29, 0.717) is 23.1 Å². The summed E-state index contributed by atoms with van der Waals surface area (Å²) in [5.74, 6) is -2.27. The number of Topliss-reactive ketones (excluding diaryl/α,β-unsaturated/α-hetero) is 1. The minimum Gasteiger partial charge on any atom is -0.503 e. The smallest absolute Gasteiger partial charge is 0.337 e. The van der Waals surface area contributed by atoms with E-state index in [1.165, 1.54) is 12.0 Å². The molecule has 1 aliphatic heterocycles. The summed E-state index contributed by atoms with van der Waals surface area (Å²) in [5.41, 5.74) is 2.40. The van der Waals surface area contributed by atoms with Gasteiger partial charge in [0.25, 0.3) is 5.91 Å². The molecule has 7 heteroatoms. The van der Waals surface area contributed by atoms with Crippen LogP contribution in [0.5, 0.6) is 0 Å². The molecule has 180 valence electrons. The molecule has 0 bridgehead atoms. The molecule has 2 heterocycles. The zero-order valence-corrected chi connectivity index (χ0v) is 19.5. The lowest BCUT2D eigenvalue weighted by molar-refractivity contribution is -0.129. The maximum atomic E-state index is 13.6. The van der Waals surface area contributed by atoms with Gasteiger partial charge in [-0.3, -0.25) is 9.59 Å². The van der Waals surface area contributed by atoms with E-state index in [9.17, 15) is 19.5 Å². The number of amides is 1. The number of fused-ring (bicyclic) bond motifs is 1. The third kappa shape index (κ3) is 4.15. The van der Waals surface area contributed by atoms with Gasteiger partial charge in [-0.25, -0.2) is 4.79 Å². The quantitative estimate of drug-likeness (QED) is 0.293. The number of benzene rings is 3. The third-order valence-electron chi connectivity index (χ3n) is 6.33. The average Bonchev–Trinajstić information content (AvgIpc) is 3.46. The van der Waals surface area contributed by atoms with Gasteiger partial charge >= 0.3 is 5.97 Å². The molecule has 1 N–H and O–H groups in total. The van der Waals surface area contributed by atoms with Gasteiger partial charge < -0.3 is 19.2 Å². The van der Waals surface area contributed by atoms with Gasteiger partial charge in [-0.2, -0.15) is 0 Å². The van der Waals surface area contributed by atoms with E-state index in [-0.39, 0.29) is 17.9 Å². The highest BCUT2D eigenvalue weighted by Gasteiger charge is 2.44. The van der Waals surface area contributed by atoms with Crippen molar-refractivity contribution < 1.29 is 28.6 Å². The second-order valence-electron chi connectivity index (χ2n) is 8.49. The number of carbonyl (C=O) groups excluding carboxylic acids is 3. The number of aliphatic hydroxyl groups is 1. The Kier molecular flexibility index (Phi) is 6.12. The number of carbonyl (C=O) groups is 3. The van der Waals surface area contributed by atoms with Crippen molar-refractivity contribution in [3.05, 3.63) is 119 Å². The van der Waals surface area contributed by atoms with E-state index in [1.807, 2.05) is 42.5 Å². The predicted octanol–water partition coefficient (Wildman–Crippen LogP) is 5.04. The van der Waals surface area contributed by atoms with Crippen LogP contribution >= 0.6 is 0 Å². The maximum Gasteiger partial charge on any atom is 0.337 e. The number of rotatable bonds is 7. The third-order valence-corrected chi connectivity index (χ3v) is 6.33. The molecule has 36 heavy (non-hydrogen) atoms. The first-order chi connectivity index (χ1) is 17.5. The molecular weight excluding hydrogens is 458 g/mol. The summed E-state index contributed by atoms with van der Waals surface area (Å²) in [6.45, 7) is 0.271. The summed E-state index contributed by atoms with van der Waals surface area (Å²) in [6.07, 6.45) is 0.530. The normalized spacial score (nSPS) is 15.5. The Morgan fingerprint density at radius 1 is 0.972 bits per heavy atom. The van der Waals surface area contributed by atoms with E-state index in [0.717, 1.165) is 10.9 Å². The molecule has 0 saturated heterocycles. The van der Waals surface area contributed by atoms with Crippen LogP contribution < -0.4 is 0 Å². The molecule has 0 aliphatic carbocycles. The number of furan rings is 1. The SMILES string of the molecule is COC(=O)c1ccc(C2C(C(=O)c3cc4ccccc4o3)=C(O)C(=O)N2CCc2ccccc2)cc1. The Labute approximate surface area is 207 Å². The van der Waals surface area contributed by atoms with Gasteiger partial charge in [-0.15, -0.1) is 0 Å². The van der Waals surface area contributed by atoms with Crippen molar-refractivity contribution in [2.75, 3.05) is 13.7 Å². The summed E-state index contributed by atoms with van der Waals surface area (Å²) in [6, 6.07) is 24.0. The number of esters is 1. The van der Waals surface area contributed by atoms with E-state index < -0.39 is 29.5 Å². The lowest BCUT2D eigenvalue weighted by Crippen LogP contribution is -2.33. The molecule has 5 rings (SSSR count). The lowest BCUT2D eigenvalue weighted by atomic mass is 9.94. The molecule has 4 aromatic rings. The van der Waals surface area contributed by atoms with Crippen LogP contribution in [-0.2, 0) is 16.0 Å². The lowest BCUT2D eigenvalue weighted by Gasteiger charge is -2.27. The van der Waals surface area contributed by atoms with Crippen LogP contribution in [-0.4, -0.2) is 41.3 Å². The van der Waals surface area contributed by atoms with Crippen molar-refractivity contribution in [1.29, 1.82) is 0 Å². The molecule has 0 fully saturated rings. The van der Waals surface area contributed by atoms with Crippen molar-refractivity contribution in [1.82, 2.24) is 4.90 Å². The fourth-order valence-corrected chi connectivity index (χ4v) is 4.50. The second kappa shape index (κ2) is 9.54. The van der Waals surface area contributed by atoms with Gasteiger partial charge in [0.05, 0.1) is 24.3 Å². The largest absolute Gasteiger partial charge is 0.503 e. The summed E-state index contributed by atoms with van der Waals surface area (Å²) in [7, 11) is 1.29. The molecule has 0 saturated carbocycles. The first-order valence-electron chi connectivity index (χ1n) is 11.5. The Morgan fingerprint density at radius 2 is 1.67 bits per heavy atom. The zero-order valence-electron chi connectivity index (χ0n) is 19.5. The zero-order chi connectivity index (χ0) is 25.2. The second-order valence-corrected chi connectivity index (χ2v) is 8.49. The molecule has 0 radical (unpaired) electrons. The minimum atomic E-state index is -0.853. The number of nitrogens with zero attached hydrogens (tertiary/aromatic N) is 1. The van der Waals surface area contributed by atoms with Crippen LogP contribution in [0.4, 0.5) is 0 Å². The van der Waals surface area contributed by atoms with Gasteiger partial charge in [0.1, 0.15) is 5.58 Å². The van der Waals surface area contributed by atoms with Crippen LogP contribution in [0, 0.1) is 0 Å². The monoisotopic (exact) mass is 481 g/mol. The Bertz CT molecular complexity index is 1450. The fourth-order valence-electron chi connectivity index (χ4n) is 4.50. The molecule has 1 atom stereocenters. The van der Waals surface area contributed by atoms with Crippen molar-refractivity contribution in [2.24, 2.45) is 0 Å². The predicted molar refractivity (Wildman–Crippen MR) is 133 cm³/mol. The molecule has 1 aliphatic rings. The topological polar surface area (TPSA) is 97.0 Å². The van der Waals surface area contributed by atoms with Gasteiger partial charge in [-0.05, 0) is 41.8 Å². The number of methoxy groups -OCH3 is 1. The highest BCUT2D eigenvalue weighted by atomic mass is 16.5. The molecule has 0 spiro atoms. The van der Waals surface area contributed by atoms with Gasteiger partial charge in [0, 0.05) is 11.9 Å². The number of para-hydroxylation sites is 1. The summed E-state index contributed by atoms with van der Waals surface area (Å²) < 4.78 is 10.5. The number of hydrogen-bond donors (Lipinski definition) is 1. The van der Waals surface area contributed by atoms with E-state index in [1.54, 1.807) is 42.5 Å². The van der Waals surface area contributed by atoms with Crippen LogP contribution in [0.3, 0.4) is 0 Å². The number of hydrogen-bond acceptors (Lipinski definition) is 6. The maximum absolute atomic E-state index is 13.6. The van der Waals surface area contributed by atoms with Crippen molar-refractivity contribution in [2.45, 2.75) is 12.5 Å². The highest BCUT2D eigenvalue weighted by Crippen LogP contribution is 2.39. The van der Waals surface area contributed by atoms with Crippen LogP contribution in [0.25, 0.3) is 11.0 Å². The first kappa shape index (κ1) is 23.1. The standard InChI is InChI=1S/C29H23NO6/c1-35-29(34)20-13-11-19(12-14-20)25-24(26(31)23-17-21-9-5-6-10-22(21)36-23)27(32)28(33)30(25)16-15-18-7-3-2-4-8-18/h2-14,17,25,32H,15-16H2,1H3. The molecule has 1 amide bonds. The first-order valence-corrected chi connectivity index (χ1v) is 11.5. The van der Waals surface area contributed by atoms with Crippen molar-refractivity contribution >= 4 is 28.6 Å². The molecule has 1 unspecified atom stereocenters. The van der Waals surface area contributed by atoms with Crippen LogP contribution in [0.2, 0.25) is 0 Å². The Balaban J connectivity index is 1.54. The van der Waals surface area contributed by atoms with Crippen molar-refractivity contribution in [3.63, 3.8) is 0 Å². The Morgan fingerprint density at radius 3 is 2.36 bits per heavy atom. The van der Waals surface area contributed by atoms with Gasteiger partial charge in [0.15, 0.2) is 11.5 Å².